The van der Waals surface area contributed by atoms with Crippen LogP contribution in [0.5, 0.6) is 0 Å². The summed E-state index contributed by atoms with van der Waals surface area (Å²) < 4.78 is 5.52. The summed E-state index contributed by atoms with van der Waals surface area (Å²) in [4.78, 5) is 18.7. The number of nitrogens with one attached hydrogen (secondary N) is 1. The van der Waals surface area contributed by atoms with E-state index in [0.29, 0.717) is 19.6 Å². The number of amides is 1. The van der Waals surface area contributed by atoms with Gasteiger partial charge in [0.2, 0.25) is 5.91 Å². The van der Waals surface area contributed by atoms with Crippen LogP contribution >= 0.6 is 0 Å². The van der Waals surface area contributed by atoms with Gasteiger partial charge in [-0.05, 0) is 38.7 Å². The Labute approximate surface area is 156 Å². The van der Waals surface area contributed by atoms with Gasteiger partial charge in [-0.25, -0.2) is 0 Å². The quantitative estimate of drug-likeness (QED) is 0.845. The Morgan fingerprint density at radius 2 is 2.00 bits per heavy atom. The molecule has 1 fully saturated rings. The van der Waals surface area contributed by atoms with Crippen molar-refractivity contribution in [1.29, 1.82) is 0 Å². The van der Waals surface area contributed by atoms with Crippen molar-refractivity contribution in [3.05, 3.63) is 35.4 Å². The molecule has 0 saturated carbocycles. The molecule has 2 aliphatic heterocycles. The summed E-state index contributed by atoms with van der Waals surface area (Å²) >= 11 is 0. The highest BCUT2D eigenvalue weighted by molar-refractivity contribution is 6.01. The van der Waals surface area contributed by atoms with Crippen LogP contribution < -0.4 is 5.32 Å². The maximum atomic E-state index is 13.0. The Hall–Kier alpha value is -1.88. The van der Waals surface area contributed by atoms with Gasteiger partial charge in [-0.3, -0.25) is 4.79 Å². The third-order valence-corrected chi connectivity index (χ3v) is 5.66. The number of hydrogen-bond acceptors (Lipinski definition) is 4. The van der Waals surface area contributed by atoms with Crippen LogP contribution in [0.25, 0.3) is 0 Å². The number of nitrogens with zero attached hydrogens (tertiary/aromatic N) is 1. The van der Waals surface area contributed by atoms with Crippen molar-refractivity contribution in [3.63, 3.8) is 0 Å². The SMILES string of the molecule is CCC(C)NC(=O)C1(CC2CC(c3ccc(C)cc3)=NO2)CCOCC1. The fourth-order valence-corrected chi connectivity index (χ4v) is 3.66. The molecule has 1 aromatic carbocycles. The number of carbonyl (C=O) groups excluding carboxylic acids is 1. The molecule has 1 saturated heterocycles. The van der Waals surface area contributed by atoms with Gasteiger partial charge in [-0.2, -0.15) is 0 Å². The van der Waals surface area contributed by atoms with E-state index in [1.807, 2.05) is 0 Å². The molecule has 0 aromatic heterocycles. The van der Waals surface area contributed by atoms with E-state index in [2.05, 4.69) is 55.5 Å². The molecule has 0 bridgehead atoms. The molecule has 2 atom stereocenters. The van der Waals surface area contributed by atoms with Crippen LogP contribution in [0.1, 0.15) is 57.1 Å². The Kier molecular flexibility index (Phi) is 5.97. The summed E-state index contributed by atoms with van der Waals surface area (Å²) in [5.41, 5.74) is 2.89. The number of rotatable bonds is 6. The molecule has 2 heterocycles. The second-order valence-electron chi connectivity index (χ2n) is 7.72. The van der Waals surface area contributed by atoms with E-state index in [4.69, 9.17) is 9.57 Å². The van der Waals surface area contributed by atoms with Crippen LogP contribution in [0.3, 0.4) is 0 Å². The first-order valence-electron chi connectivity index (χ1n) is 9.71. The van der Waals surface area contributed by atoms with Gasteiger partial charge < -0.3 is 14.9 Å². The summed E-state index contributed by atoms with van der Waals surface area (Å²) in [5.74, 6) is 0.141. The molecule has 5 heteroatoms. The summed E-state index contributed by atoms with van der Waals surface area (Å²) in [6, 6.07) is 8.53. The van der Waals surface area contributed by atoms with E-state index in [-0.39, 0.29) is 18.1 Å². The van der Waals surface area contributed by atoms with Crippen molar-refractivity contribution in [3.8, 4) is 0 Å². The Bertz CT molecular complexity index is 648. The van der Waals surface area contributed by atoms with Gasteiger partial charge in [0.15, 0.2) is 0 Å². The van der Waals surface area contributed by atoms with E-state index < -0.39 is 5.41 Å². The lowest BCUT2D eigenvalue weighted by Gasteiger charge is -2.37. The molecule has 26 heavy (non-hydrogen) atoms. The number of benzene rings is 1. The highest BCUT2D eigenvalue weighted by Gasteiger charge is 2.43. The van der Waals surface area contributed by atoms with Crippen LogP contribution in [-0.2, 0) is 14.4 Å². The summed E-state index contributed by atoms with van der Waals surface area (Å²) in [7, 11) is 0. The van der Waals surface area contributed by atoms with Crippen molar-refractivity contribution in [1.82, 2.24) is 5.32 Å². The third-order valence-electron chi connectivity index (χ3n) is 5.66. The number of oxime groups is 1. The smallest absolute Gasteiger partial charge is 0.226 e. The Balaban J connectivity index is 1.66. The second-order valence-corrected chi connectivity index (χ2v) is 7.72. The van der Waals surface area contributed by atoms with Gasteiger partial charge in [-0.1, -0.05) is 41.9 Å². The Morgan fingerprint density at radius 3 is 2.65 bits per heavy atom. The fraction of sp³-hybridized carbons (Fsp3) is 0.619. The van der Waals surface area contributed by atoms with Gasteiger partial charge in [-0.15, -0.1) is 0 Å². The normalized spacial score (nSPS) is 23.0. The van der Waals surface area contributed by atoms with Crippen LogP contribution in [0.15, 0.2) is 29.4 Å². The summed E-state index contributed by atoms with van der Waals surface area (Å²) in [6.45, 7) is 7.47. The Morgan fingerprint density at radius 1 is 1.31 bits per heavy atom. The topological polar surface area (TPSA) is 59.9 Å². The van der Waals surface area contributed by atoms with Crippen molar-refractivity contribution < 1.29 is 14.4 Å². The molecule has 2 aliphatic rings. The van der Waals surface area contributed by atoms with Crippen molar-refractivity contribution >= 4 is 11.6 Å². The van der Waals surface area contributed by atoms with Crippen molar-refractivity contribution in [2.75, 3.05) is 13.2 Å². The molecule has 3 rings (SSSR count). The van der Waals surface area contributed by atoms with Crippen LogP contribution in [0.2, 0.25) is 0 Å². The minimum absolute atomic E-state index is 0.0490. The number of hydrogen-bond donors (Lipinski definition) is 1. The zero-order chi connectivity index (χ0) is 18.6. The lowest BCUT2D eigenvalue weighted by atomic mass is 9.74. The van der Waals surface area contributed by atoms with Crippen LogP contribution in [-0.4, -0.2) is 37.0 Å². The van der Waals surface area contributed by atoms with Gasteiger partial charge >= 0.3 is 0 Å². The number of aryl methyl sites for hydroxylation is 1. The highest BCUT2D eigenvalue weighted by Crippen LogP contribution is 2.38. The summed E-state index contributed by atoms with van der Waals surface area (Å²) in [5, 5.41) is 7.48. The zero-order valence-electron chi connectivity index (χ0n) is 16.1. The first-order valence-corrected chi connectivity index (χ1v) is 9.71. The summed E-state index contributed by atoms with van der Waals surface area (Å²) in [6.07, 6.45) is 3.81. The van der Waals surface area contributed by atoms with Crippen molar-refractivity contribution in [2.45, 2.75) is 65.0 Å². The maximum absolute atomic E-state index is 13.0. The first kappa shape index (κ1) is 18.9. The average Bonchev–Trinajstić information content (AvgIpc) is 3.11. The molecule has 142 valence electrons. The largest absolute Gasteiger partial charge is 0.392 e. The van der Waals surface area contributed by atoms with Gasteiger partial charge in [0.25, 0.3) is 0 Å². The van der Waals surface area contributed by atoms with E-state index in [1.165, 1.54) is 5.56 Å². The standard InChI is InChI=1S/C21H30N2O3/c1-4-16(3)22-20(24)21(9-11-25-12-10-21)14-18-13-19(23-26-18)17-7-5-15(2)6-8-17/h5-8,16,18H,4,9-14H2,1-3H3,(H,22,24). The number of ether oxygens (including phenoxy) is 1. The average molecular weight is 358 g/mol. The minimum atomic E-state index is -0.412. The minimum Gasteiger partial charge on any atom is -0.392 e. The molecule has 1 amide bonds. The molecule has 0 aliphatic carbocycles. The van der Waals surface area contributed by atoms with E-state index >= 15 is 0 Å². The van der Waals surface area contributed by atoms with Crippen molar-refractivity contribution in [2.24, 2.45) is 10.6 Å². The molecular formula is C21H30N2O3. The predicted octanol–water partition coefficient (Wildman–Crippen LogP) is 3.59. The lowest BCUT2D eigenvalue weighted by molar-refractivity contribution is -0.140. The highest BCUT2D eigenvalue weighted by atomic mass is 16.6. The van der Waals surface area contributed by atoms with Gasteiger partial charge in [0.1, 0.15) is 6.10 Å². The second kappa shape index (κ2) is 8.21. The fourth-order valence-electron chi connectivity index (χ4n) is 3.66. The van der Waals surface area contributed by atoms with Gasteiger partial charge in [0.05, 0.1) is 11.1 Å². The molecule has 5 nitrogen and oxygen atoms in total. The van der Waals surface area contributed by atoms with Gasteiger partial charge in [0, 0.05) is 32.1 Å². The molecule has 0 spiro atoms. The third kappa shape index (κ3) is 4.26. The maximum Gasteiger partial charge on any atom is 0.226 e. The molecule has 0 radical (unpaired) electrons. The van der Waals surface area contributed by atoms with Crippen LogP contribution in [0.4, 0.5) is 0 Å². The van der Waals surface area contributed by atoms with E-state index in [0.717, 1.165) is 37.0 Å². The van der Waals surface area contributed by atoms with Crippen LogP contribution in [0, 0.1) is 12.3 Å². The number of carbonyl (C=O) groups is 1. The predicted molar refractivity (Wildman–Crippen MR) is 102 cm³/mol. The van der Waals surface area contributed by atoms with E-state index in [9.17, 15) is 4.79 Å². The molecular weight excluding hydrogens is 328 g/mol. The zero-order valence-corrected chi connectivity index (χ0v) is 16.1. The monoisotopic (exact) mass is 358 g/mol. The van der Waals surface area contributed by atoms with E-state index in [1.54, 1.807) is 0 Å². The first-order chi connectivity index (χ1) is 12.5. The molecule has 1 N–H and O–H groups in total. The molecule has 1 aromatic rings. The lowest BCUT2D eigenvalue weighted by Crippen LogP contribution is -2.48. The molecule has 2 unspecified atom stereocenters.